The van der Waals surface area contributed by atoms with Crippen LogP contribution in [0.3, 0.4) is 0 Å². The van der Waals surface area contributed by atoms with Gasteiger partial charge in [0, 0.05) is 30.9 Å². The molecule has 0 aliphatic rings. The number of aromatic nitrogens is 2. The molecule has 1 rings (SSSR count). The van der Waals surface area contributed by atoms with Crippen molar-refractivity contribution >= 4 is 0 Å². The lowest BCUT2D eigenvalue weighted by Gasteiger charge is -2.08. The van der Waals surface area contributed by atoms with E-state index in [4.69, 9.17) is 5.73 Å². The van der Waals surface area contributed by atoms with Gasteiger partial charge in [-0.05, 0) is 27.1 Å². The van der Waals surface area contributed by atoms with Crippen molar-refractivity contribution in [3.8, 4) is 0 Å². The van der Waals surface area contributed by atoms with Crippen LogP contribution in [0.25, 0.3) is 0 Å². The van der Waals surface area contributed by atoms with E-state index in [1.165, 1.54) is 0 Å². The Morgan fingerprint density at radius 1 is 1.29 bits per heavy atom. The van der Waals surface area contributed by atoms with Gasteiger partial charge in [0.25, 0.3) is 0 Å². The highest BCUT2D eigenvalue weighted by atomic mass is 15.1. The SMILES string of the molecule is CN(C)Cc1cnc(CCCN)nc1. The van der Waals surface area contributed by atoms with Crippen molar-refractivity contribution in [2.75, 3.05) is 20.6 Å². The molecule has 0 fully saturated rings. The molecule has 0 aromatic carbocycles. The number of hydrogen-bond donors (Lipinski definition) is 1. The summed E-state index contributed by atoms with van der Waals surface area (Å²) in [6.45, 7) is 1.58. The fraction of sp³-hybridized carbons (Fsp3) is 0.600. The lowest BCUT2D eigenvalue weighted by atomic mass is 10.3. The Morgan fingerprint density at radius 2 is 1.93 bits per heavy atom. The Hall–Kier alpha value is -1.00. The smallest absolute Gasteiger partial charge is 0.128 e. The number of rotatable bonds is 5. The van der Waals surface area contributed by atoms with Crippen LogP contribution in [0.1, 0.15) is 17.8 Å². The maximum atomic E-state index is 5.41. The maximum Gasteiger partial charge on any atom is 0.128 e. The van der Waals surface area contributed by atoms with Gasteiger partial charge >= 0.3 is 0 Å². The largest absolute Gasteiger partial charge is 0.330 e. The molecule has 1 aromatic rings. The van der Waals surface area contributed by atoms with E-state index in [0.29, 0.717) is 6.54 Å². The summed E-state index contributed by atoms with van der Waals surface area (Å²) in [7, 11) is 4.06. The van der Waals surface area contributed by atoms with Gasteiger partial charge in [-0.2, -0.15) is 0 Å². The molecule has 1 aromatic heterocycles. The molecule has 0 radical (unpaired) electrons. The minimum Gasteiger partial charge on any atom is -0.330 e. The zero-order valence-corrected chi connectivity index (χ0v) is 8.90. The van der Waals surface area contributed by atoms with Crippen molar-refractivity contribution in [2.24, 2.45) is 5.73 Å². The minimum absolute atomic E-state index is 0.697. The summed E-state index contributed by atoms with van der Waals surface area (Å²) in [5.74, 6) is 0.887. The average molecular weight is 194 g/mol. The summed E-state index contributed by atoms with van der Waals surface area (Å²) in [6, 6.07) is 0. The van der Waals surface area contributed by atoms with Crippen molar-refractivity contribution in [2.45, 2.75) is 19.4 Å². The summed E-state index contributed by atoms with van der Waals surface area (Å²) in [5.41, 5.74) is 6.55. The molecule has 1 heterocycles. The normalized spacial score (nSPS) is 10.9. The first kappa shape index (κ1) is 11.1. The zero-order valence-electron chi connectivity index (χ0n) is 8.90. The van der Waals surface area contributed by atoms with Crippen molar-refractivity contribution < 1.29 is 0 Å². The van der Waals surface area contributed by atoms with Crippen LogP contribution >= 0.6 is 0 Å². The van der Waals surface area contributed by atoms with Crippen LogP contribution in [0.2, 0.25) is 0 Å². The molecule has 4 heteroatoms. The summed E-state index contributed by atoms with van der Waals surface area (Å²) >= 11 is 0. The second-order valence-electron chi connectivity index (χ2n) is 3.64. The lowest BCUT2D eigenvalue weighted by molar-refractivity contribution is 0.401. The monoisotopic (exact) mass is 194 g/mol. The fourth-order valence-electron chi connectivity index (χ4n) is 1.22. The molecule has 0 spiro atoms. The van der Waals surface area contributed by atoms with Crippen LogP contribution in [0, 0.1) is 0 Å². The molecule has 2 N–H and O–H groups in total. The third-order valence-electron chi connectivity index (χ3n) is 1.86. The summed E-state index contributed by atoms with van der Waals surface area (Å²) < 4.78 is 0. The van der Waals surface area contributed by atoms with Crippen molar-refractivity contribution in [1.82, 2.24) is 14.9 Å². The molecule has 14 heavy (non-hydrogen) atoms. The Labute approximate surface area is 85.2 Å². The predicted octanol–water partition coefficient (Wildman–Crippen LogP) is 0.429. The Kier molecular flexibility index (Phi) is 4.49. The Bertz CT molecular complexity index is 255. The lowest BCUT2D eigenvalue weighted by Crippen LogP contribution is -2.11. The van der Waals surface area contributed by atoms with Gasteiger partial charge in [0.2, 0.25) is 0 Å². The predicted molar refractivity (Wildman–Crippen MR) is 56.8 cm³/mol. The first-order valence-electron chi connectivity index (χ1n) is 4.87. The van der Waals surface area contributed by atoms with E-state index in [1.54, 1.807) is 0 Å². The first-order valence-corrected chi connectivity index (χ1v) is 4.87. The maximum absolute atomic E-state index is 5.41. The molecular formula is C10H18N4. The van der Waals surface area contributed by atoms with Gasteiger partial charge in [-0.25, -0.2) is 9.97 Å². The second kappa shape index (κ2) is 5.67. The first-order chi connectivity index (χ1) is 6.72. The van der Waals surface area contributed by atoms with Crippen LogP contribution in [-0.2, 0) is 13.0 Å². The zero-order chi connectivity index (χ0) is 10.4. The van der Waals surface area contributed by atoms with E-state index in [0.717, 1.165) is 30.8 Å². The van der Waals surface area contributed by atoms with E-state index in [1.807, 2.05) is 26.5 Å². The highest BCUT2D eigenvalue weighted by Gasteiger charge is 1.98. The molecular weight excluding hydrogens is 176 g/mol. The minimum atomic E-state index is 0.697. The third-order valence-corrected chi connectivity index (χ3v) is 1.86. The van der Waals surface area contributed by atoms with E-state index < -0.39 is 0 Å². The quantitative estimate of drug-likeness (QED) is 0.738. The van der Waals surface area contributed by atoms with Crippen LogP contribution in [0.5, 0.6) is 0 Å². The third kappa shape index (κ3) is 3.81. The fourth-order valence-corrected chi connectivity index (χ4v) is 1.22. The van der Waals surface area contributed by atoms with Gasteiger partial charge in [0.1, 0.15) is 5.82 Å². The number of nitrogens with zero attached hydrogens (tertiary/aromatic N) is 3. The molecule has 0 aliphatic carbocycles. The Morgan fingerprint density at radius 3 is 2.43 bits per heavy atom. The van der Waals surface area contributed by atoms with Crippen molar-refractivity contribution in [3.63, 3.8) is 0 Å². The highest BCUT2D eigenvalue weighted by Crippen LogP contribution is 2.00. The van der Waals surface area contributed by atoms with Gasteiger partial charge in [0.15, 0.2) is 0 Å². The van der Waals surface area contributed by atoms with E-state index in [2.05, 4.69) is 14.9 Å². The number of hydrogen-bond acceptors (Lipinski definition) is 4. The van der Waals surface area contributed by atoms with Crippen molar-refractivity contribution in [3.05, 3.63) is 23.8 Å². The van der Waals surface area contributed by atoms with E-state index >= 15 is 0 Å². The van der Waals surface area contributed by atoms with Crippen LogP contribution in [0.15, 0.2) is 12.4 Å². The molecule has 4 nitrogen and oxygen atoms in total. The van der Waals surface area contributed by atoms with Gasteiger partial charge in [0.05, 0.1) is 0 Å². The highest BCUT2D eigenvalue weighted by molar-refractivity contribution is 5.04. The van der Waals surface area contributed by atoms with E-state index in [-0.39, 0.29) is 0 Å². The van der Waals surface area contributed by atoms with Gasteiger partial charge in [-0.15, -0.1) is 0 Å². The molecule has 0 saturated carbocycles. The summed E-state index contributed by atoms with van der Waals surface area (Å²) in [6.07, 6.45) is 5.60. The number of aryl methyl sites for hydroxylation is 1. The van der Waals surface area contributed by atoms with Crippen molar-refractivity contribution in [1.29, 1.82) is 0 Å². The summed E-state index contributed by atoms with van der Waals surface area (Å²) in [5, 5.41) is 0. The van der Waals surface area contributed by atoms with Gasteiger partial charge in [-0.1, -0.05) is 0 Å². The summed E-state index contributed by atoms with van der Waals surface area (Å²) in [4.78, 5) is 10.6. The van der Waals surface area contributed by atoms with Crippen LogP contribution < -0.4 is 5.73 Å². The van der Waals surface area contributed by atoms with E-state index in [9.17, 15) is 0 Å². The molecule has 0 aliphatic heterocycles. The topological polar surface area (TPSA) is 55.0 Å². The van der Waals surface area contributed by atoms with Gasteiger partial charge in [-0.3, -0.25) is 0 Å². The number of nitrogens with two attached hydrogens (primary N) is 1. The standard InChI is InChI=1S/C10H18N4/c1-14(2)8-9-6-12-10(13-7-9)4-3-5-11/h6-7H,3-5,8,11H2,1-2H3. The Balaban J connectivity index is 2.50. The van der Waals surface area contributed by atoms with Crippen LogP contribution in [-0.4, -0.2) is 35.5 Å². The molecule has 78 valence electrons. The molecule has 0 saturated heterocycles. The average Bonchev–Trinajstić information content (AvgIpc) is 2.16. The molecule has 0 unspecified atom stereocenters. The van der Waals surface area contributed by atoms with Crippen LogP contribution in [0.4, 0.5) is 0 Å². The van der Waals surface area contributed by atoms with Gasteiger partial charge < -0.3 is 10.6 Å². The molecule has 0 bridgehead atoms. The molecule has 0 amide bonds. The second-order valence-corrected chi connectivity index (χ2v) is 3.64. The molecule has 0 atom stereocenters.